The third kappa shape index (κ3) is 5.72. The average molecular weight is 205 g/mol. The first-order valence-corrected chi connectivity index (χ1v) is 2.95. The Balaban J connectivity index is 0. The van der Waals surface area contributed by atoms with Gasteiger partial charge in [0.15, 0.2) is 0 Å². The van der Waals surface area contributed by atoms with Gasteiger partial charge in [-0.25, -0.2) is 0 Å². The Hall–Kier alpha value is 1.59. The molecular formula is C4H6BrKO2. The minimum absolute atomic E-state index is 0. The van der Waals surface area contributed by atoms with E-state index in [9.17, 15) is 9.90 Å². The summed E-state index contributed by atoms with van der Waals surface area (Å²) in [5.74, 6) is -1.04. The Morgan fingerprint density at radius 3 is 2.25 bits per heavy atom. The van der Waals surface area contributed by atoms with Gasteiger partial charge in [-0.3, -0.25) is 0 Å². The maximum Gasteiger partial charge on any atom is 1.00 e. The van der Waals surface area contributed by atoms with E-state index in [4.69, 9.17) is 0 Å². The molecule has 0 heterocycles. The first kappa shape index (κ1) is 12.3. The van der Waals surface area contributed by atoms with Crippen LogP contribution in [0.3, 0.4) is 0 Å². The van der Waals surface area contributed by atoms with Gasteiger partial charge in [-0.15, -0.1) is 0 Å². The van der Waals surface area contributed by atoms with Crippen molar-refractivity contribution in [2.24, 2.45) is 0 Å². The van der Waals surface area contributed by atoms with Gasteiger partial charge >= 0.3 is 51.4 Å². The van der Waals surface area contributed by atoms with Crippen LogP contribution in [0.2, 0.25) is 0 Å². The molecule has 0 bridgehead atoms. The summed E-state index contributed by atoms with van der Waals surface area (Å²) in [4.78, 5) is 9.29. The zero-order chi connectivity index (χ0) is 5.86. The van der Waals surface area contributed by atoms with Crippen molar-refractivity contribution < 1.29 is 61.3 Å². The second-order valence-corrected chi connectivity index (χ2v) is 2.30. The van der Waals surface area contributed by atoms with Crippen LogP contribution in [-0.4, -0.2) is 10.8 Å². The van der Waals surface area contributed by atoms with E-state index in [1.54, 1.807) is 6.92 Å². The number of aliphatic carboxylic acids is 1. The number of carboxylic acid groups (broad SMARTS) is 1. The first-order chi connectivity index (χ1) is 3.18. The SMILES string of the molecule is CCC(Br)C(=O)[O-].[K+]. The fourth-order valence-electron chi connectivity index (χ4n) is 0.167. The van der Waals surface area contributed by atoms with Crippen LogP contribution in [0.5, 0.6) is 0 Å². The maximum atomic E-state index is 9.77. The summed E-state index contributed by atoms with van der Waals surface area (Å²) in [6.45, 7) is 1.77. The Morgan fingerprint density at radius 2 is 2.25 bits per heavy atom. The van der Waals surface area contributed by atoms with Crippen LogP contribution in [0.1, 0.15) is 13.3 Å². The van der Waals surface area contributed by atoms with E-state index in [2.05, 4.69) is 15.9 Å². The standard InChI is InChI=1S/C4H7BrO2.K/c1-2-3(5)4(6)7;/h3H,2H2,1H3,(H,6,7);/q;+1/p-1. The normalized spacial score (nSPS) is 11.8. The molecule has 0 fully saturated rings. The predicted molar refractivity (Wildman–Crippen MR) is 28.0 cm³/mol. The van der Waals surface area contributed by atoms with Crippen LogP contribution in [0.4, 0.5) is 0 Å². The third-order valence-corrected chi connectivity index (χ3v) is 1.64. The molecule has 0 aliphatic heterocycles. The van der Waals surface area contributed by atoms with E-state index in [0.29, 0.717) is 6.42 Å². The number of hydrogen-bond donors (Lipinski definition) is 0. The van der Waals surface area contributed by atoms with Crippen molar-refractivity contribution >= 4 is 21.9 Å². The van der Waals surface area contributed by atoms with Gasteiger partial charge in [0.1, 0.15) is 0 Å². The molecule has 0 spiro atoms. The number of carbonyl (C=O) groups excluding carboxylic acids is 1. The van der Waals surface area contributed by atoms with Crippen molar-refractivity contribution in [1.29, 1.82) is 0 Å². The van der Waals surface area contributed by atoms with Gasteiger partial charge in [0, 0.05) is 0 Å². The van der Waals surface area contributed by atoms with E-state index >= 15 is 0 Å². The van der Waals surface area contributed by atoms with E-state index in [1.807, 2.05) is 0 Å². The molecule has 0 saturated carbocycles. The molecule has 0 aromatic carbocycles. The number of hydrogen-bond acceptors (Lipinski definition) is 2. The van der Waals surface area contributed by atoms with Crippen molar-refractivity contribution in [2.75, 3.05) is 0 Å². The predicted octanol–water partition coefficient (Wildman–Crippen LogP) is -3.09. The van der Waals surface area contributed by atoms with Crippen LogP contribution < -0.4 is 56.5 Å². The molecule has 1 unspecified atom stereocenters. The van der Waals surface area contributed by atoms with Crippen LogP contribution in [0, 0.1) is 0 Å². The topological polar surface area (TPSA) is 40.1 Å². The second-order valence-electron chi connectivity index (χ2n) is 1.19. The molecule has 0 radical (unpaired) electrons. The molecule has 0 aliphatic rings. The molecule has 0 saturated heterocycles. The summed E-state index contributed by atoms with van der Waals surface area (Å²) < 4.78 is 0. The summed E-state index contributed by atoms with van der Waals surface area (Å²) in [6.07, 6.45) is 0.572. The fraction of sp³-hybridized carbons (Fsp3) is 0.750. The Bertz CT molecular complexity index is 76.4. The second kappa shape index (κ2) is 6.70. The van der Waals surface area contributed by atoms with E-state index < -0.39 is 10.8 Å². The van der Waals surface area contributed by atoms with Crippen LogP contribution >= 0.6 is 15.9 Å². The monoisotopic (exact) mass is 204 g/mol. The average Bonchev–Trinajstić information content (AvgIpc) is 1.65. The largest absolute Gasteiger partial charge is 1.00 e. The molecule has 1 atom stereocenters. The van der Waals surface area contributed by atoms with Crippen molar-refractivity contribution in [3.8, 4) is 0 Å². The summed E-state index contributed by atoms with van der Waals surface area (Å²) in [6, 6.07) is 0. The molecule has 4 heteroatoms. The summed E-state index contributed by atoms with van der Waals surface area (Å²) in [5, 5.41) is 9.77. The van der Waals surface area contributed by atoms with Crippen LogP contribution in [-0.2, 0) is 4.79 Å². The molecule has 0 rings (SSSR count). The van der Waals surface area contributed by atoms with Crippen molar-refractivity contribution in [1.82, 2.24) is 0 Å². The number of alkyl halides is 1. The summed E-state index contributed by atoms with van der Waals surface area (Å²) in [7, 11) is 0. The summed E-state index contributed by atoms with van der Waals surface area (Å²) >= 11 is 2.88. The Kier molecular flexibility index (Phi) is 10.3. The quantitative estimate of drug-likeness (QED) is 0.354. The zero-order valence-electron chi connectivity index (χ0n) is 4.98. The molecule has 0 aromatic heterocycles. The Labute approximate surface area is 99.6 Å². The molecule has 0 aliphatic carbocycles. The molecular weight excluding hydrogens is 199 g/mol. The fourth-order valence-corrected chi connectivity index (χ4v) is 0.167. The molecule has 8 heavy (non-hydrogen) atoms. The molecule has 2 nitrogen and oxygen atoms in total. The minimum atomic E-state index is -1.04. The van der Waals surface area contributed by atoms with Crippen LogP contribution in [0.15, 0.2) is 0 Å². The summed E-state index contributed by atoms with van der Waals surface area (Å²) in [5.41, 5.74) is 0. The van der Waals surface area contributed by atoms with Gasteiger partial charge in [-0.05, 0) is 6.42 Å². The number of halogens is 1. The molecule has 0 aromatic rings. The smallest absolute Gasteiger partial charge is 0.549 e. The van der Waals surface area contributed by atoms with Crippen molar-refractivity contribution in [3.05, 3.63) is 0 Å². The Morgan fingerprint density at radius 1 is 1.88 bits per heavy atom. The number of carbonyl (C=O) groups is 1. The van der Waals surface area contributed by atoms with Crippen LogP contribution in [0.25, 0.3) is 0 Å². The van der Waals surface area contributed by atoms with Gasteiger partial charge < -0.3 is 9.90 Å². The maximum absolute atomic E-state index is 9.77. The zero-order valence-corrected chi connectivity index (χ0v) is 9.69. The molecule has 0 N–H and O–H groups in total. The number of carboxylic acids is 1. The molecule has 0 amide bonds. The van der Waals surface area contributed by atoms with Crippen molar-refractivity contribution in [2.45, 2.75) is 18.2 Å². The molecule has 42 valence electrons. The van der Waals surface area contributed by atoms with E-state index in [-0.39, 0.29) is 51.4 Å². The van der Waals surface area contributed by atoms with Gasteiger partial charge in [-0.1, -0.05) is 22.9 Å². The van der Waals surface area contributed by atoms with Gasteiger partial charge in [-0.2, -0.15) is 0 Å². The van der Waals surface area contributed by atoms with Crippen molar-refractivity contribution in [3.63, 3.8) is 0 Å². The van der Waals surface area contributed by atoms with E-state index in [1.165, 1.54) is 0 Å². The van der Waals surface area contributed by atoms with Gasteiger partial charge in [0.25, 0.3) is 0 Å². The first-order valence-electron chi connectivity index (χ1n) is 2.03. The number of rotatable bonds is 2. The van der Waals surface area contributed by atoms with Gasteiger partial charge in [0.2, 0.25) is 0 Å². The van der Waals surface area contributed by atoms with Gasteiger partial charge in [0.05, 0.1) is 10.8 Å². The third-order valence-electron chi connectivity index (χ3n) is 0.614. The van der Waals surface area contributed by atoms with E-state index in [0.717, 1.165) is 0 Å². The minimum Gasteiger partial charge on any atom is -0.549 e.